The molecule has 1 aliphatic heterocycles. The van der Waals surface area contributed by atoms with E-state index in [2.05, 4.69) is 67.4 Å². The molecule has 1 amide bonds. The molecule has 4 nitrogen and oxygen atoms in total. The van der Waals surface area contributed by atoms with Crippen LogP contribution in [0.4, 0.5) is 5.69 Å². The van der Waals surface area contributed by atoms with Crippen molar-refractivity contribution >= 4 is 11.6 Å². The van der Waals surface area contributed by atoms with Gasteiger partial charge in [0.15, 0.2) is 0 Å². The average Bonchev–Trinajstić information content (AvgIpc) is 2.73. The summed E-state index contributed by atoms with van der Waals surface area (Å²) in [6.45, 7) is 8.36. The molecule has 3 rings (SSSR count). The van der Waals surface area contributed by atoms with Gasteiger partial charge in [-0.1, -0.05) is 43.7 Å². The Morgan fingerprint density at radius 1 is 1.07 bits per heavy atom. The van der Waals surface area contributed by atoms with Gasteiger partial charge in [0, 0.05) is 24.7 Å². The van der Waals surface area contributed by atoms with E-state index in [9.17, 15) is 4.79 Å². The fourth-order valence-corrected chi connectivity index (χ4v) is 4.03. The van der Waals surface area contributed by atoms with Crippen LogP contribution in [-0.4, -0.2) is 26.1 Å². The maximum atomic E-state index is 13.0. The SMILES string of the molecule is COc1ccc([C@H](CC(C)C)NC(=O)C2CCN(c3ccc(C)cc3)CC2)cc1. The molecule has 0 saturated carbocycles. The van der Waals surface area contributed by atoms with Crippen molar-refractivity contribution in [2.75, 3.05) is 25.1 Å². The normalized spacial score (nSPS) is 16.0. The van der Waals surface area contributed by atoms with Gasteiger partial charge in [0.05, 0.1) is 13.2 Å². The Bertz CT molecular complexity index is 775. The van der Waals surface area contributed by atoms with Crippen molar-refractivity contribution in [2.45, 2.75) is 46.1 Å². The molecule has 1 aliphatic rings. The Morgan fingerprint density at radius 2 is 1.69 bits per heavy atom. The number of methoxy groups -OCH3 is 1. The Labute approximate surface area is 175 Å². The highest BCUT2D eigenvalue weighted by Crippen LogP contribution is 2.27. The predicted octanol–water partition coefficient (Wildman–Crippen LogP) is 5.12. The Morgan fingerprint density at radius 3 is 2.24 bits per heavy atom. The number of rotatable bonds is 7. The molecule has 0 aromatic heterocycles. The van der Waals surface area contributed by atoms with Crippen LogP contribution in [0.3, 0.4) is 0 Å². The van der Waals surface area contributed by atoms with Crippen LogP contribution in [0, 0.1) is 18.8 Å². The molecule has 1 atom stereocenters. The molecule has 1 heterocycles. The van der Waals surface area contributed by atoms with Crippen LogP contribution >= 0.6 is 0 Å². The molecular formula is C25H34N2O2. The average molecular weight is 395 g/mol. The van der Waals surface area contributed by atoms with Crippen molar-refractivity contribution in [2.24, 2.45) is 11.8 Å². The number of benzene rings is 2. The van der Waals surface area contributed by atoms with E-state index >= 15 is 0 Å². The standard InChI is InChI=1S/C25H34N2O2/c1-18(2)17-24(20-7-11-23(29-4)12-8-20)26-25(28)21-13-15-27(16-14-21)22-9-5-19(3)6-10-22/h5-12,18,21,24H,13-17H2,1-4H3,(H,26,28)/t24-/m0/s1. The van der Waals surface area contributed by atoms with Crippen molar-refractivity contribution < 1.29 is 9.53 Å². The first-order chi connectivity index (χ1) is 14.0. The summed E-state index contributed by atoms with van der Waals surface area (Å²) >= 11 is 0. The monoisotopic (exact) mass is 394 g/mol. The summed E-state index contributed by atoms with van der Waals surface area (Å²) in [4.78, 5) is 15.4. The largest absolute Gasteiger partial charge is 0.497 e. The van der Waals surface area contributed by atoms with E-state index in [-0.39, 0.29) is 17.9 Å². The minimum atomic E-state index is 0.0449. The number of aryl methyl sites for hydroxylation is 1. The first-order valence-electron chi connectivity index (χ1n) is 10.7. The second-order valence-corrected chi connectivity index (χ2v) is 8.56. The fourth-order valence-electron chi connectivity index (χ4n) is 4.03. The van der Waals surface area contributed by atoms with E-state index in [1.807, 2.05) is 12.1 Å². The van der Waals surface area contributed by atoms with Crippen LogP contribution < -0.4 is 15.0 Å². The zero-order valence-corrected chi connectivity index (χ0v) is 18.2. The first kappa shape index (κ1) is 21.2. The van der Waals surface area contributed by atoms with E-state index in [1.165, 1.54) is 11.3 Å². The number of nitrogens with zero attached hydrogens (tertiary/aromatic N) is 1. The summed E-state index contributed by atoms with van der Waals surface area (Å²) in [5.74, 6) is 1.62. The lowest BCUT2D eigenvalue weighted by atomic mass is 9.92. The van der Waals surface area contributed by atoms with Crippen LogP contribution in [0.25, 0.3) is 0 Å². The summed E-state index contributed by atoms with van der Waals surface area (Å²) in [5.41, 5.74) is 3.67. The number of hydrogen-bond donors (Lipinski definition) is 1. The molecule has 156 valence electrons. The van der Waals surface area contributed by atoms with Gasteiger partial charge >= 0.3 is 0 Å². The number of carbonyl (C=O) groups is 1. The number of amides is 1. The summed E-state index contributed by atoms with van der Waals surface area (Å²) in [5, 5.41) is 3.34. The van der Waals surface area contributed by atoms with Gasteiger partial charge in [0.2, 0.25) is 5.91 Å². The topological polar surface area (TPSA) is 41.6 Å². The molecule has 4 heteroatoms. The third-order valence-corrected chi connectivity index (χ3v) is 5.81. The molecule has 2 aromatic rings. The van der Waals surface area contributed by atoms with Crippen molar-refractivity contribution in [3.63, 3.8) is 0 Å². The molecule has 0 bridgehead atoms. The summed E-state index contributed by atoms with van der Waals surface area (Å²) in [7, 11) is 1.67. The predicted molar refractivity (Wildman–Crippen MR) is 119 cm³/mol. The number of anilines is 1. The second kappa shape index (κ2) is 9.82. The molecule has 0 spiro atoms. The lowest BCUT2D eigenvalue weighted by Crippen LogP contribution is -2.41. The van der Waals surface area contributed by atoms with Gasteiger partial charge in [-0.05, 0) is 61.9 Å². The number of hydrogen-bond acceptors (Lipinski definition) is 3. The molecular weight excluding hydrogens is 360 g/mol. The summed E-state index contributed by atoms with van der Waals surface area (Å²) in [6.07, 6.45) is 2.73. The fraction of sp³-hybridized carbons (Fsp3) is 0.480. The van der Waals surface area contributed by atoms with Crippen molar-refractivity contribution in [1.29, 1.82) is 0 Å². The molecule has 1 saturated heterocycles. The molecule has 0 aliphatic carbocycles. The van der Waals surface area contributed by atoms with Crippen LogP contribution in [0.15, 0.2) is 48.5 Å². The molecule has 29 heavy (non-hydrogen) atoms. The minimum Gasteiger partial charge on any atom is -0.497 e. The number of ether oxygens (including phenoxy) is 1. The van der Waals surface area contributed by atoms with Gasteiger partial charge in [-0.3, -0.25) is 4.79 Å². The Hall–Kier alpha value is -2.49. The molecule has 1 fully saturated rings. The second-order valence-electron chi connectivity index (χ2n) is 8.56. The van der Waals surface area contributed by atoms with E-state index in [1.54, 1.807) is 7.11 Å². The van der Waals surface area contributed by atoms with Gasteiger partial charge in [-0.15, -0.1) is 0 Å². The quantitative estimate of drug-likeness (QED) is 0.708. The van der Waals surface area contributed by atoms with Crippen LogP contribution in [0.2, 0.25) is 0 Å². The minimum absolute atomic E-state index is 0.0449. The van der Waals surface area contributed by atoms with Crippen molar-refractivity contribution in [3.05, 3.63) is 59.7 Å². The Balaban J connectivity index is 1.60. The van der Waals surface area contributed by atoms with Gasteiger partial charge in [0.25, 0.3) is 0 Å². The van der Waals surface area contributed by atoms with E-state index in [4.69, 9.17) is 4.74 Å². The smallest absolute Gasteiger partial charge is 0.223 e. The van der Waals surface area contributed by atoms with E-state index in [0.29, 0.717) is 5.92 Å². The lowest BCUT2D eigenvalue weighted by molar-refractivity contribution is -0.126. The summed E-state index contributed by atoms with van der Waals surface area (Å²) < 4.78 is 5.27. The third kappa shape index (κ3) is 5.75. The van der Waals surface area contributed by atoms with Gasteiger partial charge in [-0.2, -0.15) is 0 Å². The van der Waals surface area contributed by atoms with Crippen LogP contribution in [0.5, 0.6) is 5.75 Å². The maximum Gasteiger partial charge on any atom is 0.223 e. The number of nitrogens with one attached hydrogen (secondary N) is 1. The number of piperidine rings is 1. The van der Waals surface area contributed by atoms with Gasteiger partial charge < -0.3 is 15.0 Å². The van der Waals surface area contributed by atoms with E-state index < -0.39 is 0 Å². The first-order valence-corrected chi connectivity index (χ1v) is 10.7. The van der Waals surface area contributed by atoms with Crippen molar-refractivity contribution in [3.8, 4) is 5.75 Å². The van der Waals surface area contributed by atoms with Crippen LogP contribution in [-0.2, 0) is 4.79 Å². The Kier molecular flexibility index (Phi) is 7.18. The van der Waals surface area contributed by atoms with E-state index in [0.717, 1.165) is 43.7 Å². The molecule has 1 N–H and O–H groups in total. The summed E-state index contributed by atoms with van der Waals surface area (Å²) in [6, 6.07) is 16.8. The molecule has 0 unspecified atom stereocenters. The highest BCUT2D eigenvalue weighted by Gasteiger charge is 2.27. The highest BCUT2D eigenvalue weighted by molar-refractivity contribution is 5.79. The lowest BCUT2D eigenvalue weighted by Gasteiger charge is -2.34. The number of carbonyl (C=O) groups excluding carboxylic acids is 1. The van der Waals surface area contributed by atoms with Crippen LogP contribution in [0.1, 0.15) is 50.3 Å². The molecule has 2 aromatic carbocycles. The van der Waals surface area contributed by atoms with Gasteiger partial charge in [-0.25, -0.2) is 0 Å². The maximum absolute atomic E-state index is 13.0. The third-order valence-electron chi connectivity index (χ3n) is 5.81. The van der Waals surface area contributed by atoms with Gasteiger partial charge in [0.1, 0.15) is 5.75 Å². The van der Waals surface area contributed by atoms with Crippen molar-refractivity contribution in [1.82, 2.24) is 5.32 Å². The zero-order chi connectivity index (χ0) is 20.8. The highest BCUT2D eigenvalue weighted by atomic mass is 16.5. The zero-order valence-electron chi connectivity index (χ0n) is 18.2. The molecule has 0 radical (unpaired) electrons.